The first kappa shape index (κ1) is 20.4. The van der Waals surface area contributed by atoms with Crippen molar-refractivity contribution in [3.05, 3.63) is 60.2 Å². The summed E-state index contributed by atoms with van der Waals surface area (Å²) < 4.78 is 15.7. The molecule has 2 aromatic carbocycles. The highest BCUT2D eigenvalue weighted by Gasteiger charge is 2.36. The van der Waals surface area contributed by atoms with Crippen LogP contribution in [0.25, 0.3) is 0 Å². The first-order valence-corrected chi connectivity index (χ1v) is 9.50. The lowest BCUT2D eigenvalue weighted by Gasteiger charge is -2.17. The van der Waals surface area contributed by atoms with Crippen molar-refractivity contribution in [2.45, 2.75) is 13.3 Å². The minimum absolute atomic E-state index is 0.0389. The van der Waals surface area contributed by atoms with E-state index in [1.807, 2.05) is 6.92 Å². The monoisotopic (exact) mass is 397 g/mol. The van der Waals surface area contributed by atoms with E-state index in [9.17, 15) is 14.4 Å². The van der Waals surface area contributed by atoms with E-state index in [1.54, 1.807) is 59.5 Å². The molecule has 152 valence electrons. The van der Waals surface area contributed by atoms with Crippen LogP contribution in [-0.4, -0.2) is 44.2 Å². The molecule has 7 heteroatoms. The lowest BCUT2D eigenvalue weighted by Crippen LogP contribution is -2.26. The molecule has 0 radical (unpaired) electrons. The predicted molar refractivity (Wildman–Crippen MR) is 106 cm³/mol. The van der Waals surface area contributed by atoms with E-state index < -0.39 is 17.9 Å². The predicted octanol–water partition coefficient (Wildman–Crippen LogP) is 2.84. The van der Waals surface area contributed by atoms with Gasteiger partial charge in [0.1, 0.15) is 19.0 Å². The van der Waals surface area contributed by atoms with Crippen LogP contribution in [0.15, 0.2) is 54.6 Å². The zero-order chi connectivity index (χ0) is 20.6. The summed E-state index contributed by atoms with van der Waals surface area (Å²) in [5.74, 6) is -0.892. The van der Waals surface area contributed by atoms with Gasteiger partial charge in [0.05, 0.1) is 18.1 Å². The third-order valence-corrected chi connectivity index (χ3v) is 4.49. The zero-order valence-electron chi connectivity index (χ0n) is 16.2. The van der Waals surface area contributed by atoms with Crippen LogP contribution in [0.5, 0.6) is 5.75 Å². The molecule has 0 N–H and O–H groups in total. The van der Waals surface area contributed by atoms with E-state index in [0.29, 0.717) is 17.9 Å². The van der Waals surface area contributed by atoms with Crippen molar-refractivity contribution in [2.24, 2.45) is 5.92 Å². The van der Waals surface area contributed by atoms with Crippen LogP contribution in [0.2, 0.25) is 0 Å². The van der Waals surface area contributed by atoms with E-state index in [4.69, 9.17) is 14.2 Å². The van der Waals surface area contributed by atoms with Crippen LogP contribution in [0, 0.1) is 5.92 Å². The number of rotatable bonds is 8. The van der Waals surface area contributed by atoms with Gasteiger partial charge >= 0.3 is 11.9 Å². The number of anilines is 1. The minimum Gasteiger partial charge on any atom is -0.494 e. The molecule has 0 saturated carbocycles. The average molecular weight is 397 g/mol. The van der Waals surface area contributed by atoms with Gasteiger partial charge in [-0.25, -0.2) is 4.79 Å². The molecule has 7 nitrogen and oxygen atoms in total. The van der Waals surface area contributed by atoms with Crippen molar-refractivity contribution in [3.8, 4) is 5.75 Å². The zero-order valence-corrected chi connectivity index (χ0v) is 16.2. The highest BCUT2D eigenvalue weighted by molar-refractivity contribution is 5.99. The fraction of sp³-hybridized carbons (Fsp3) is 0.318. The van der Waals surface area contributed by atoms with Gasteiger partial charge in [0.2, 0.25) is 5.91 Å². The molecule has 29 heavy (non-hydrogen) atoms. The first-order valence-electron chi connectivity index (χ1n) is 9.50. The Balaban J connectivity index is 1.44. The molecule has 1 unspecified atom stereocenters. The van der Waals surface area contributed by atoms with Gasteiger partial charge in [-0.05, 0) is 43.3 Å². The molecule has 1 fully saturated rings. The molecular weight excluding hydrogens is 374 g/mol. The number of amides is 1. The molecule has 2 aromatic rings. The average Bonchev–Trinajstić information content (AvgIpc) is 3.14. The Labute approximate surface area is 169 Å². The highest BCUT2D eigenvalue weighted by Crippen LogP contribution is 2.27. The fourth-order valence-corrected chi connectivity index (χ4v) is 3.06. The number of esters is 2. The lowest BCUT2D eigenvalue weighted by atomic mass is 10.1. The van der Waals surface area contributed by atoms with Gasteiger partial charge in [-0.15, -0.1) is 0 Å². The Kier molecular flexibility index (Phi) is 6.84. The van der Waals surface area contributed by atoms with Gasteiger partial charge in [0.15, 0.2) is 0 Å². The molecule has 1 saturated heterocycles. The van der Waals surface area contributed by atoms with E-state index in [1.165, 1.54) is 0 Å². The van der Waals surface area contributed by atoms with Crippen LogP contribution in [-0.2, 0) is 19.1 Å². The van der Waals surface area contributed by atoms with Crippen LogP contribution < -0.4 is 9.64 Å². The normalized spacial score (nSPS) is 15.8. The number of hydrogen-bond donors (Lipinski definition) is 0. The molecule has 0 bridgehead atoms. The second-order valence-electron chi connectivity index (χ2n) is 6.50. The third-order valence-electron chi connectivity index (χ3n) is 4.49. The molecule has 1 amide bonds. The molecule has 0 spiro atoms. The van der Waals surface area contributed by atoms with Crippen LogP contribution in [0.1, 0.15) is 23.7 Å². The first-order chi connectivity index (χ1) is 14.1. The van der Waals surface area contributed by atoms with Gasteiger partial charge in [-0.1, -0.05) is 18.2 Å². The van der Waals surface area contributed by atoms with E-state index >= 15 is 0 Å². The van der Waals surface area contributed by atoms with Crippen molar-refractivity contribution < 1.29 is 28.6 Å². The van der Waals surface area contributed by atoms with E-state index in [0.717, 1.165) is 5.75 Å². The maximum atomic E-state index is 12.3. The summed E-state index contributed by atoms with van der Waals surface area (Å²) in [6.07, 6.45) is 0.0931. The standard InChI is InChI=1S/C22H23NO6/c1-2-27-19-10-8-18(9-11-19)23-15-17(14-20(23)24)22(26)29-13-12-28-21(25)16-6-4-3-5-7-16/h3-11,17H,2,12-15H2,1H3. The number of hydrogen-bond acceptors (Lipinski definition) is 6. The van der Waals surface area contributed by atoms with E-state index in [-0.39, 0.29) is 32.1 Å². The number of benzene rings is 2. The number of nitrogens with zero attached hydrogens (tertiary/aromatic N) is 1. The Hall–Kier alpha value is -3.35. The van der Waals surface area contributed by atoms with Crippen molar-refractivity contribution in [3.63, 3.8) is 0 Å². The molecule has 1 atom stereocenters. The van der Waals surface area contributed by atoms with Crippen molar-refractivity contribution in [1.29, 1.82) is 0 Å². The smallest absolute Gasteiger partial charge is 0.338 e. The second kappa shape index (κ2) is 9.73. The summed E-state index contributed by atoms with van der Waals surface area (Å²) in [5, 5.41) is 0. The Morgan fingerprint density at radius 2 is 1.69 bits per heavy atom. The molecule has 1 aliphatic rings. The number of ether oxygens (including phenoxy) is 3. The van der Waals surface area contributed by atoms with Crippen LogP contribution >= 0.6 is 0 Å². The fourth-order valence-electron chi connectivity index (χ4n) is 3.06. The summed E-state index contributed by atoms with van der Waals surface area (Å²) in [5.41, 5.74) is 1.15. The SMILES string of the molecule is CCOc1ccc(N2CC(C(=O)OCCOC(=O)c3ccccc3)CC2=O)cc1. The van der Waals surface area contributed by atoms with Gasteiger partial charge in [-0.3, -0.25) is 9.59 Å². The lowest BCUT2D eigenvalue weighted by molar-refractivity contribution is -0.149. The van der Waals surface area contributed by atoms with E-state index in [2.05, 4.69) is 0 Å². The Bertz CT molecular complexity index is 849. The summed E-state index contributed by atoms with van der Waals surface area (Å²) in [4.78, 5) is 38.0. The van der Waals surface area contributed by atoms with Crippen LogP contribution in [0.4, 0.5) is 5.69 Å². The van der Waals surface area contributed by atoms with Crippen molar-refractivity contribution in [1.82, 2.24) is 0 Å². The third kappa shape index (κ3) is 5.34. The minimum atomic E-state index is -0.543. The number of carbonyl (C=O) groups excluding carboxylic acids is 3. The summed E-state index contributed by atoms with van der Waals surface area (Å²) in [6, 6.07) is 15.7. The summed E-state index contributed by atoms with van der Waals surface area (Å²) >= 11 is 0. The number of carbonyl (C=O) groups is 3. The quantitative estimate of drug-likeness (QED) is 0.503. The summed E-state index contributed by atoms with van der Waals surface area (Å²) in [6.45, 7) is 2.64. The van der Waals surface area contributed by atoms with Gasteiger partial charge in [0, 0.05) is 18.7 Å². The molecule has 3 rings (SSSR count). The maximum absolute atomic E-state index is 12.3. The maximum Gasteiger partial charge on any atom is 0.338 e. The summed E-state index contributed by atoms with van der Waals surface area (Å²) in [7, 11) is 0. The highest BCUT2D eigenvalue weighted by atomic mass is 16.6. The molecular formula is C22H23NO6. The van der Waals surface area contributed by atoms with Crippen LogP contribution in [0.3, 0.4) is 0 Å². The van der Waals surface area contributed by atoms with Gasteiger partial charge in [0.25, 0.3) is 0 Å². The Morgan fingerprint density at radius 1 is 1.00 bits per heavy atom. The molecule has 1 heterocycles. The second-order valence-corrected chi connectivity index (χ2v) is 6.50. The molecule has 1 aliphatic heterocycles. The molecule has 0 aliphatic carbocycles. The Morgan fingerprint density at radius 3 is 2.38 bits per heavy atom. The van der Waals surface area contributed by atoms with Gasteiger partial charge in [-0.2, -0.15) is 0 Å². The molecule has 0 aromatic heterocycles. The largest absolute Gasteiger partial charge is 0.494 e. The van der Waals surface area contributed by atoms with Crippen molar-refractivity contribution >= 4 is 23.5 Å². The van der Waals surface area contributed by atoms with Gasteiger partial charge < -0.3 is 19.1 Å². The van der Waals surface area contributed by atoms with Crippen molar-refractivity contribution in [2.75, 3.05) is 31.3 Å². The topological polar surface area (TPSA) is 82.1 Å².